The quantitative estimate of drug-likeness (QED) is 0.377. The van der Waals surface area contributed by atoms with Crippen molar-refractivity contribution < 1.29 is 0 Å². The van der Waals surface area contributed by atoms with E-state index in [2.05, 4.69) is 30.7 Å². The van der Waals surface area contributed by atoms with Crippen molar-refractivity contribution in [2.24, 2.45) is 5.73 Å². The van der Waals surface area contributed by atoms with Crippen molar-refractivity contribution in [1.29, 1.82) is 0 Å². The van der Waals surface area contributed by atoms with Crippen molar-refractivity contribution in [3.8, 4) is 0 Å². The summed E-state index contributed by atoms with van der Waals surface area (Å²) in [5.74, 6) is 0.991. The first kappa shape index (κ1) is 19.7. The molecule has 0 saturated carbocycles. The minimum absolute atomic E-state index is 0.539. The van der Waals surface area contributed by atoms with Gasteiger partial charge in [-0.25, -0.2) is 0 Å². The van der Waals surface area contributed by atoms with Crippen molar-refractivity contribution in [3.63, 3.8) is 0 Å². The molecule has 1 heterocycles. The first-order chi connectivity index (χ1) is 10.7. The number of allylic oxidation sites excluding steroid dienone is 4. The van der Waals surface area contributed by atoms with Crippen LogP contribution < -0.4 is 5.73 Å². The van der Waals surface area contributed by atoms with E-state index in [1.807, 2.05) is 33.7 Å². The molecule has 0 aliphatic carbocycles. The molecule has 0 radical (unpaired) electrons. The second-order valence-electron chi connectivity index (χ2n) is 4.95. The molecule has 122 valence electrons. The third-order valence-electron chi connectivity index (χ3n) is 3.37. The van der Waals surface area contributed by atoms with Crippen LogP contribution in [0.5, 0.6) is 0 Å². The van der Waals surface area contributed by atoms with Gasteiger partial charge in [-0.2, -0.15) is 0 Å². The molecule has 5 heteroatoms. The molecule has 0 spiro atoms. The summed E-state index contributed by atoms with van der Waals surface area (Å²) in [6, 6.07) is 0. The first-order valence-electron chi connectivity index (χ1n) is 7.32. The Morgan fingerprint density at radius 1 is 1.36 bits per heavy atom. The van der Waals surface area contributed by atoms with Crippen LogP contribution in [0.25, 0.3) is 0 Å². The van der Waals surface area contributed by atoms with Gasteiger partial charge in [0.2, 0.25) is 0 Å². The molecule has 1 saturated heterocycles. The maximum atomic E-state index is 6.17. The lowest BCUT2D eigenvalue weighted by Gasteiger charge is -2.34. The Hall–Kier alpha value is -0.390. The number of rotatable bonds is 9. The molecule has 1 fully saturated rings. The van der Waals surface area contributed by atoms with Crippen LogP contribution in [0.1, 0.15) is 6.42 Å². The second kappa shape index (κ2) is 11.2. The number of nitrogens with two attached hydrogens (primary N) is 1. The van der Waals surface area contributed by atoms with Gasteiger partial charge >= 0.3 is 0 Å². The van der Waals surface area contributed by atoms with Crippen molar-refractivity contribution in [3.05, 3.63) is 60.2 Å². The summed E-state index contributed by atoms with van der Waals surface area (Å²) in [6.07, 6.45) is 8.63. The molecule has 1 aliphatic rings. The van der Waals surface area contributed by atoms with Crippen LogP contribution in [0.3, 0.4) is 0 Å². The van der Waals surface area contributed by atoms with Crippen LogP contribution in [0.2, 0.25) is 0 Å². The smallest absolute Gasteiger partial charge is 0.0444 e. The average Bonchev–Trinajstić information content (AvgIpc) is 2.54. The largest absolute Gasteiger partial charge is 0.330 e. The number of piperidine rings is 1. The van der Waals surface area contributed by atoms with Gasteiger partial charge in [0.25, 0.3) is 0 Å². The van der Waals surface area contributed by atoms with Crippen LogP contribution in [0, 0.1) is 0 Å². The normalized spacial score (nSPS) is 22.3. The van der Waals surface area contributed by atoms with Crippen molar-refractivity contribution in [1.82, 2.24) is 4.90 Å². The maximum absolute atomic E-state index is 6.17. The van der Waals surface area contributed by atoms with E-state index in [-0.39, 0.29) is 0 Å². The third-order valence-corrected chi connectivity index (χ3v) is 6.68. The van der Waals surface area contributed by atoms with Crippen molar-refractivity contribution in [2.45, 2.75) is 11.7 Å². The van der Waals surface area contributed by atoms with E-state index >= 15 is 0 Å². The highest BCUT2D eigenvalue weighted by atomic mass is 35.5. The van der Waals surface area contributed by atoms with Gasteiger partial charge in [-0.05, 0) is 17.6 Å². The molecular weight excluding hydrogens is 332 g/mol. The van der Waals surface area contributed by atoms with Crippen LogP contribution in [0.4, 0.5) is 0 Å². The molecule has 0 aromatic carbocycles. The summed E-state index contributed by atoms with van der Waals surface area (Å²) in [5.41, 5.74) is 8.00. The van der Waals surface area contributed by atoms with E-state index in [4.69, 9.17) is 17.3 Å². The zero-order valence-corrected chi connectivity index (χ0v) is 15.4. The lowest BCUT2D eigenvalue weighted by Crippen LogP contribution is -2.37. The number of halogens is 1. The fourth-order valence-corrected chi connectivity index (χ4v) is 4.97. The highest BCUT2D eigenvalue weighted by Gasteiger charge is 2.24. The van der Waals surface area contributed by atoms with E-state index in [1.54, 1.807) is 6.08 Å². The lowest BCUT2D eigenvalue weighted by atomic mass is 10.0. The van der Waals surface area contributed by atoms with Gasteiger partial charge in [0.1, 0.15) is 0 Å². The molecule has 0 aromatic rings. The SMILES string of the molecule is C=C/C=C1/CN(C/C(C=C)=C(\Cl)C=C)CCC1SSCCN. The number of likely N-dealkylation sites (tertiary alicyclic amines) is 1. The van der Waals surface area contributed by atoms with Gasteiger partial charge in [-0.15, -0.1) is 0 Å². The van der Waals surface area contributed by atoms with E-state index in [0.29, 0.717) is 10.3 Å². The predicted molar refractivity (Wildman–Crippen MR) is 106 cm³/mol. The minimum Gasteiger partial charge on any atom is -0.330 e. The molecule has 2 N–H and O–H groups in total. The Bertz CT molecular complexity index is 458. The van der Waals surface area contributed by atoms with Gasteiger partial charge < -0.3 is 5.73 Å². The topological polar surface area (TPSA) is 29.3 Å². The highest BCUT2D eigenvalue weighted by Crippen LogP contribution is 2.36. The van der Waals surface area contributed by atoms with Gasteiger partial charge in [0.05, 0.1) is 0 Å². The molecule has 0 amide bonds. The highest BCUT2D eigenvalue weighted by molar-refractivity contribution is 8.77. The summed E-state index contributed by atoms with van der Waals surface area (Å²) in [4.78, 5) is 2.39. The molecule has 1 aliphatic heterocycles. The Morgan fingerprint density at radius 2 is 2.14 bits per heavy atom. The lowest BCUT2D eigenvalue weighted by molar-refractivity contribution is 0.292. The number of hydrogen-bond acceptors (Lipinski definition) is 4. The molecule has 1 rings (SSSR count). The second-order valence-corrected chi connectivity index (χ2v) is 8.05. The third kappa shape index (κ3) is 6.39. The van der Waals surface area contributed by atoms with Crippen LogP contribution >= 0.6 is 33.2 Å². The fourth-order valence-electron chi connectivity index (χ4n) is 2.27. The Labute approximate surface area is 147 Å². The summed E-state index contributed by atoms with van der Waals surface area (Å²) in [5, 5.41) is 1.22. The minimum atomic E-state index is 0.539. The fraction of sp³-hybridized carbons (Fsp3) is 0.412. The average molecular weight is 357 g/mol. The van der Waals surface area contributed by atoms with Gasteiger partial charge in [0, 0.05) is 42.2 Å². The first-order valence-corrected chi connectivity index (χ1v) is 10.1. The number of nitrogens with zero attached hydrogens (tertiary/aromatic N) is 1. The molecule has 2 nitrogen and oxygen atoms in total. The van der Waals surface area contributed by atoms with E-state index < -0.39 is 0 Å². The van der Waals surface area contributed by atoms with Crippen LogP contribution in [-0.4, -0.2) is 42.1 Å². The Morgan fingerprint density at radius 3 is 2.73 bits per heavy atom. The van der Waals surface area contributed by atoms with E-state index in [0.717, 1.165) is 43.9 Å². The molecular formula is C17H25ClN2S2. The van der Waals surface area contributed by atoms with Crippen LogP contribution in [-0.2, 0) is 0 Å². The summed E-state index contributed by atoms with van der Waals surface area (Å²) < 4.78 is 0. The summed E-state index contributed by atoms with van der Waals surface area (Å²) >= 11 is 6.17. The molecule has 0 bridgehead atoms. The molecule has 1 atom stereocenters. The van der Waals surface area contributed by atoms with Crippen molar-refractivity contribution in [2.75, 3.05) is 31.9 Å². The summed E-state index contributed by atoms with van der Waals surface area (Å²) in [6.45, 7) is 14.9. The van der Waals surface area contributed by atoms with E-state index in [1.165, 1.54) is 5.57 Å². The van der Waals surface area contributed by atoms with Crippen LogP contribution in [0.15, 0.2) is 60.2 Å². The van der Waals surface area contributed by atoms with Gasteiger partial charge in [0.15, 0.2) is 0 Å². The van der Waals surface area contributed by atoms with Crippen molar-refractivity contribution >= 4 is 33.2 Å². The molecule has 1 unspecified atom stereocenters. The Kier molecular flexibility index (Phi) is 10.0. The van der Waals surface area contributed by atoms with Gasteiger partial charge in [-0.3, -0.25) is 4.90 Å². The zero-order valence-electron chi connectivity index (χ0n) is 13.0. The molecule has 0 aromatic heterocycles. The zero-order chi connectivity index (χ0) is 16.4. The monoisotopic (exact) mass is 356 g/mol. The standard InChI is InChI=1S/C17H25ClN2S2/c1-4-7-15-13-20(12-14(5-2)16(18)6-3)10-8-17(15)22-21-11-9-19/h4-7,17H,1-3,8-13,19H2/b15-7-,16-14-. The molecule has 22 heavy (non-hydrogen) atoms. The summed E-state index contributed by atoms with van der Waals surface area (Å²) in [7, 11) is 3.78. The Balaban J connectivity index is 2.69. The van der Waals surface area contributed by atoms with Gasteiger partial charge in [-0.1, -0.05) is 77.2 Å². The predicted octanol–water partition coefficient (Wildman–Crippen LogP) is 4.38. The number of hydrogen-bond donors (Lipinski definition) is 1. The maximum Gasteiger partial charge on any atom is 0.0444 e. The van der Waals surface area contributed by atoms with E-state index in [9.17, 15) is 0 Å².